The molecule has 0 saturated heterocycles. The summed E-state index contributed by atoms with van der Waals surface area (Å²) < 4.78 is 26.7. The molecule has 2 aromatic carbocycles. The number of para-hydroxylation sites is 2. The van der Waals surface area contributed by atoms with Gasteiger partial charge in [-0.1, -0.05) is 30.3 Å². The number of hydrogen-bond acceptors (Lipinski definition) is 5. The predicted octanol–water partition coefficient (Wildman–Crippen LogP) is 1.47. The number of nitrogens with one attached hydrogen (secondary N) is 2. The van der Waals surface area contributed by atoms with Crippen LogP contribution in [-0.4, -0.2) is 30.1 Å². The van der Waals surface area contributed by atoms with E-state index in [0.717, 1.165) is 6.26 Å². The van der Waals surface area contributed by atoms with Gasteiger partial charge in [-0.3, -0.25) is 18.9 Å². The van der Waals surface area contributed by atoms with E-state index < -0.39 is 10.0 Å². The maximum Gasteiger partial charge on any atom is 0.261 e. The number of nitrogens with zero attached hydrogens (tertiary/aromatic N) is 2. The Morgan fingerprint density at radius 3 is 2.61 bits per heavy atom. The van der Waals surface area contributed by atoms with Crippen LogP contribution in [0.1, 0.15) is 12.0 Å². The fourth-order valence-electron chi connectivity index (χ4n) is 2.74. The average molecular weight is 400 g/mol. The molecule has 0 fully saturated rings. The number of rotatable bonds is 7. The van der Waals surface area contributed by atoms with Crippen LogP contribution in [0.2, 0.25) is 0 Å². The molecule has 0 aliphatic heterocycles. The third-order valence-corrected chi connectivity index (χ3v) is 4.69. The minimum absolute atomic E-state index is 0.0988. The molecule has 2 N–H and O–H groups in total. The highest BCUT2D eigenvalue weighted by atomic mass is 32.2. The molecule has 0 unspecified atom stereocenters. The Morgan fingerprint density at radius 1 is 1.11 bits per heavy atom. The molecule has 1 heterocycles. The monoisotopic (exact) mass is 400 g/mol. The van der Waals surface area contributed by atoms with Gasteiger partial charge in [-0.05, 0) is 23.8 Å². The standard InChI is InChI=1S/C19H20N4O4S/c1-28(26,27)22-16-8-4-2-6-14(16)12-20-18(24)10-11-23-13-21-17-9-5-3-7-15(17)19(23)25/h2-9,13,22H,10-12H2,1H3,(H,20,24). The Hall–Kier alpha value is -3.20. The Labute approximate surface area is 162 Å². The molecule has 0 radical (unpaired) electrons. The maximum atomic E-state index is 12.4. The van der Waals surface area contributed by atoms with Crippen molar-refractivity contribution in [3.05, 3.63) is 70.8 Å². The fraction of sp³-hybridized carbons (Fsp3) is 0.211. The van der Waals surface area contributed by atoms with Gasteiger partial charge < -0.3 is 5.32 Å². The molecule has 0 atom stereocenters. The highest BCUT2D eigenvalue weighted by Gasteiger charge is 2.09. The highest BCUT2D eigenvalue weighted by Crippen LogP contribution is 2.16. The number of anilines is 1. The second-order valence-corrected chi connectivity index (χ2v) is 8.07. The second-order valence-electron chi connectivity index (χ2n) is 6.32. The molecule has 0 aliphatic carbocycles. The lowest BCUT2D eigenvalue weighted by atomic mass is 10.2. The van der Waals surface area contributed by atoms with Gasteiger partial charge in [0.1, 0.15) is 0 Å². The molecule has 0 aliphatic rings. The van der Waals surface area contributed by atoms with Gasteiger partial charge in [0.25, 0.3) is 5.56 Å². The number of fused-ring (bicyclic) bond motifs is 1. The van der Waals surface area contributed by atoms with E-state index in [1.807, 2.05) is 6.07 Å². The van der Waals surface area contributed by atoms with Crippen LogP contribution in [0, 0.1) is 0 Å². The second kappa shape index (κ2) is 8.22. The van der Waals surface area contributed by atoms with E-state index in [4.69, 9.17) is 0 Å². The fourth-order valence-corrected chi connectivity index (χ4v) is 3.34. The van der Waals surface area contributed by atoms with Gasteiger partial charge in [0, 0.05) is 19.5 Å². The Balaban J connectivity index is 1.62. The SMILES string of the molecule is CS(=O)(=O)Nc1ccccc1CNC(=O)CCn1cnc2ccccc2c1=O. The van der Waals surface area contributed by atoms with Crippen molar-refractivity contribution >= 4 is 32.5 Å². The molecule has 0 saturated carbocycles. The van der Waals surface area contributed by atoms with Gasteiger partial charge in [0.15, 0.2) is 0 Å². The molecule has 1 amide bonds. The van der Waals surface area contributed by atoms with Crippen molar-refractivity contribution in [3.63, 3.8) is 0 Å². The van der Waals surface area contributed by atoms with Gasteiger partial charge in [-0.15, -0.1) is 0 Å². The number of sulfonamides is 1. The minimum Gasteiger partial charge on any atom is -0.352 e. The van der Waals surface area contributed by atoms with Crippen molar-refractivity contribution in [1.82, 2.24) is 14.9 Å². The number of benzene rings is 2. The lowest BCUT2D eigenvalue weighted by molar-refractivity contribution is -0.121. The topological polar surface area (TPSA) is 110 Å². The number of carbonyl (C=O) groups is 1. The molecular weight excluding hydrogens is 380 g/mol. The molecular formula is C19H20N4O4S. The molecule has 9 heteroatoms. The van der Waals surface area contributed by atoms with Crippen LogP contribution in [0.25, 0.3) is 10.9 Å². The van der Waals surface area contributed by atoms with E-state index in [-0.39, 0.29) is 31.0 Å². The summed E-state index contributed by atoms with van der Waals surface area (Å²) in [6.45, 7) is 0.369. The summed E-state index contributed by atoms with van der Waals surface area (Å²) in [7, 11) is -3.41. The van der Waals surface area contributed by atoms with Gasteiger partial charge in [0.05, 0.1) is 29.2 Å². The summed E-state index contributed by atoms with van der Waals surface area (Å²) in [5.41, 5.74) is 1.48. The molecule has 3 aromatic rings. The number of amides is 1. The largest absolute Gasteiger partial charge is 0.352 e. The number of aryl methyl sites for hydroxylation is 1. The van der Waals surface area contributed by atoms with Gasteiger partial charge in [-0.2, -0.15) is 0 Å². The summed E-state index contributed by atoms with van der Waals surface area (Å²) in [4.78, 5) is 28.8. The summed E-state index contributed by atoms with van der Waals surface area (Å²) in [5, 5.41) is 3.25. The predicted molar refractivity (Wildman–Crippen MR) is 107 cm³/mol. The van der Waals surface area contributed by atoms with Gasteiger partial charge in [0.2, 0.25) is 15.9 Å². The first-order valence-corrected chi connectivity index (χ1v) is 10.5. The summed E-state index contributed by atoms with van der Waals surface area (Å²) in [5.74, 6) is -0.255. The van der Waals surface area contributed by atoms with E-state index >= 15 is 0 Å². The molecule has 0 spiro atoms. The van der Waals surface area contributed by atoms with Crippen molar-refractivity contribution < 1.29 is 13.2 Å². The van der Waals surface area contributed by atoms with Crippen LogP contribution in [-0.2, 0) is 27.9 Å². The Morgan fingerprint density at radius 2 is 1.82 bits per heavy atom. The third-order valence-electron chi connectivity index (χ3n) is 4.10. The third kappa shape index (κ3) is 4.95. The van der Waals surface area contributed by atoms with Crippen LogP contribution >= 0.6 is 0 Å². The number of hydrogen-bond donors (Lipinski definition) is 2. The summed E-state index contributed by atoms with van der Waals surface area (Å²) >= 11 is 0. The van der Waals surface area contributed by atoms with Crippen molar-refractivity contribution in [1.29, 1.82) is 0 Å². The van der Waals surface area contributed by atoms with Crippen molar-refractivity contribution in [2.45, 2.75) is 19.5 Å². The molecule has 3 rings (SSSR count). The number of carbonyl (C=O) groups excluding carboxylic acids is 1. The number of aromatic nitrogens is 2. The van der Waals surface area contributed by atoms with E-state index in [1.54, 1.807) is 42.5 Å². The van der Waals surface area contributed by atoms with E-state index in [2.05, 4.69) is 15.0 Å². The normalized spacial score (nSPS) is 11.3. The van der Waals surface area contributed by atoms with Gasteiger partial charge >= 0.3 is 0 Å². The van der Waals surface area contributed by atoms with Crippen molar-refractivity contribution in [2.75, 3.05) is 11.0 Å². The van der Waals surface area contributed by atoms with Crippen LogP contribution in [0.5, 0.6) is 0 Å². The van der Waals surface area contributed by atoms with Crippen LogP contribution in [0.3, 0.4) is 0 Å². The van der Waals surface area contributed by atoms with Crippen LogP contribution in [0.4, 0.5) is 5.69 Å². The Bertz CT molecular complexity index is 1170. The lowest BCUT2D eigenvalue weighted by Crippen LogP contribution is -2.27. The molecule has 0 bridgehead atoms. The molecule has 8 nitrogen and oxygen atoms in total. The first kappa shape index (κ1) is 19.6. The molecule has 146 valence electrons. The van der Waals surface area contributed by atoms with Gasteiger partial charge in [-0.25, -0.2) is 13.4 Å². The first-order valence-electron chi connectivity index (χ1n) is 8.60. The average Bonchev–Trinajstić information content (AvgIpc) is 2.66. The van der Waals surface area contributed by atoms with Crippen molar-refractivity contribution in [3.8, 4) is 0 Å². The van der Waals surface area contributed by atoms with E-state index in [9.17, 15) is 18.0 Å². The van der Waals surface area contributed by atoms with E-state index in [0.29, 0.717) is 22.2 Å². The first-order chi connectivity index (χ1) is 13.3. The zero-order chi connectivity index (χ0) is 20.1. The zero-order valence-electron chi connectivity index (χ0n) is 15.3. The lowest BCUT2D eigenvalue weighted by Gasteiger charge is -2.12. The smallest absolute Gasteiger partial charge is 0.261 e. The van der Waals surface area contributed by atoms with Crippen molar-refractivity contribution in [2.24, 2.45) is 0 Å². The quantitative estimate of drug-likeness (QED) is 0.624. The highest BCUT2D eigenvalue weighted by molar-refractivity contribution is 7.92. The minimum atomic E-state index is -3.41. The summed E-state index contributed by atoms with van der Waals surface area (Å²) in [6, 6.07) is 13.9. The van der Waals surface area contributed by atoms with Crippen LogP contribution < -0.4 is 15.6 Å². The maximum absolute atomic E-state index is 12.4. The van der Waals surface area contributed by atoms with Crippen LogP contribution in [0.15, 0.2) is 59.7 Å². The molecule has 28 heavy (non-hydrogen) atoms. The molecule has 1 aromatic heterocycles. The Kier molecular flexibility index (Phi) is 5.74. The summed E-state index contributed by atoms with van der Waals surface area (Å²) in [6.07, 6.45) is 2.60. The zero-order valence-corrected chi connectivity index (χ0v) is 16.1. The van der Waals surface area contributed by atoms with E-state index in [1.165, 1.54) is 10.9 Å².